The predicted octanol–water partition coefficient (Wildman–Crippen LogP) is 2.26. The highest BCUT2D eigenvalue weighted by molar-refractivity contribution is 7.99. The minimum atomic E-state index is 0.0848. The highest BCUT2D eigenvalue weighted by Crippen LogP contribution is 2.21. The molecule has 1 N–H and O–H groups in total. The molecule has 0 aromatic carbocycles. The Morgan fingerprint density at radius 2 is 2.20 bits per heavy atom. The lowest BCUT2D eigenvalue weighted by atomic mass is 10.1. The van der Waals surface area contributed by atoms with E-state index in [1.807, 2.05) is 0 Å². The fourth-order valence-electron chi connectivity index (χ4n) is 2.25. The first kappa shape index (κ1) is 15.4. The second kappa shape index (κ2) is 7.67. The predicted molar refractivity (Wildman–Crippen MR) is 80.8 cm³/mol. The molecule has 1 aromatic rings. The van der Waals surface area contributed by atoms with Gasteiger partial charge in [0.2, 0.25) is 5.91 Å². The molecule has 0 saturated carbocycles. The molecule has 0 bridgehead atoms. The van der Waals surface area contributed by atoms with E-state index < -0.39 is 0 Å². The quantitative estimate of drug-likeness (QED) is 0.818. The average Bonchev–Trinajstić information content (AvgIpc) is 2.64. The van der Waals surface area contributed by atoms with Crippen LogP contribution in [0.2, 0.25) is 0 Å². The van der Waals surface area contributed by atoms with Crippen molar-refractivity contribution in [2.45, 2.75) is 57.7 Å². The lowest BCUT2D eigenvalue weighted by Crippen LogP contribution is -2.27. The maximum Gasteiger partial charge on any atom is 0.230 e. The number of fused-ring (bicyclic) bond motifs is 1. The Hall–Kier alpha value is -1.04. The van der Waals surface area contributed by atoms with Crippen LogP contribution in [-0.4, -0.2) is 33.0 Å². The van der Waals surface area contributed by atoms with Crippen molar-refractivity contribution in [2.75, 3.05) is 12.3 Å². The van der Waals surface area contributed by atoms with Gasteiger partial charge in [0.15, 0.2) is 5.16 Å². The minimum absolute atomic E-state index is 0.0848. The van der Waals surface area contributed by atoms with Crippen LogP contribution in [0.1, 0.15) is 45.4 Å². The molecule has 0 aliphatic carbocycles. The van der Waals surface area contributed by atoms with Crippen molar-refractivity contribution < 1.29 is 4.79 Å². The average molecular weight is 296 g/mol. The molecule has 1 aromatic heterocycles. The molecule has 0 radical (unpaired) electrons. The summed E-state index contributed by atoms with van der Waals surface area (Å²) in [4.78, 5) is 11.8. The van der Waals surface area contributed by atoms with Crippen LogP contribution < -0.4 is 5.32 Å². The largest absolute Gasteiger partial charge is 0.355 e. The SMILES string of the molecule is CC(C)CCNC(=O)CSc1nnc2n1CCCCC2. The van der Waals surface area contributed by atoms with E-state index in [0.717, 1.165) is 36.9 Å². The van der Waals surface area contributed by atoms with Gasteiger partial charge in [-0.3, -0.25) is 4.79 Å². The zero-order valence-electron chi connectivity index (χ0n) is 12.4. The Bertz CT molecular complexity index is 444. The van der Waals surface area contributed by atoms with Crippen LogP contribution in [0.25, 0.3) is 0 Å². The number of nitrogens with zero attached hydrogens (tertiary/aromatic N) is 3. The number of hydrogen-bond acceptors (Lipinski definition) is 4. The van der Waals surface area contributed by atoms with Crippen LogP contribution in [-0.2, 0) is 17.8 Å². The van der Waals surface area contributed by atoms with Crippen LogP contribution in [0.15, 0.2) is 5.16 Å². The molecule has 112 valence electrons. The van der Waals surface area contributed by atoms with Crippen LogP contribution in [0, 0.1) is 5.92 Å². The summed E-state index contributed by atoms with van der Waals surface area (Å²) in [6.07, 6.45) is 5.66. The first-order chi connectivity index (χ1) is 9.66. The Morgan fingerprint density at radius 1 is 1.35 bits per heavy atom. The van der Waals surface area contributed by atoms with E-state index in [1.165, 1.54) is 31.0 Å². The van der Waals surface area contributed by atoms with Gasteiger partial charge in [0.1, 0.15) is 5.82 Å². The normalized spacial score (nSPS) is 14.9. The molecule has 0 atom stereocenters. The van der Waals surface area contributed by atoms with Gasteiger partial charge in [-0.05, 0) is 25.2 Å². The molecule has 1 aliphatic rings. The van der Waals surface area contributed by atoms with Gasteiger partial charge in [-0.15, -0.1) is 10.2 Å². The third-order valence-corrected chi connectivity index (χ3v) is 4.42. The fourth-order valence-corrected chi connectivity index (χ4v) is 3.06. The maximum atomic E-state index is 11.8. The Morgan fingerprint density at radius 3 is 3.00 bits per heavy atom. The van der Waals surface area contributed by atoms with E-state index in [-0.39, 0.29) is 5.91 Å². The lowest BCUT2D eigenvalue weighted by molar-refractivity contribution is -0.118. The highest BCUT2D eigenvalue weighted by Gasteiger charge is 2.15. The first-order valence-corrected chi connectivity index (χ1v) is 8.47. The molecule has 0 fully saturated rings. The van der Waals surface area contributed by atoms with Crippen molar-refractivity contribution in [1.29, 1.82) is 0 Å². The molecule has 1 amide bonds. The zero-order chi connectivity index (χ0) is 14.4. The summed E-state index contributed by atoms with van der Waals surface area (Å²) in [7, 11) is 0. The molecule has 1 aliphatic heterocycles. The zero-order valence-corrected chi connectivity index (χ0v) is 13.2. The van der Waals surface area contributed by atoms with Crippen LogP contribution >= 0.6 is 11.8 Å². The summed E-state index contributed by atoms with van der Waals surface area (Å²) < 4.78 is 2.18. The summed E-state index contributed by atoms with van der Waals surface area (Å²) in [6.45, 7) is 6.06. The van der Waals surface area contributed by atoms with Gasteiger partial charge in [0.25, 0.3) is 0 Å². The van der Waals surface area contributed by atoms with Crippen LogP contribution in [0.3, 0.4) is 0 Å². The third-order valence-electron chi connectivity index (χ3n) is 3.45. The molecule has 0 unspecified atom stereocenters. The topological polar surface area (TPSA) is 59.8 Å². The van der Waals surface area contributed by atoms with Crippen molar-refractivity contribution in [2.24, 2.45) is 5.92 Å². The number of rotatable bonds is 6. The molecule has 20 heavy (non-hydrogen) atoms. The Kier molecular flexibility index (Phi) is 5.88. The molecule has 2 heterocycles. The fraction of sp³-hybridized carbons (Fsp3) is 0.786. The van der Waals surface area contributed by atoms with Crippen LogP contribution in [0.5, 0.6) is 0 Å². The summed E-state index contributed by atoms with van der Waals surface area (Å²) in [6, 6.07) is 0. The number of aromatic nitrogens is 3. The van der Waals surface area contributed by atoms with Crippen molar-refractivity contribution in [1.82, 2.24) is 20.1 Å². The molecule has 0 spiro atoms. The van der Waals surface area contributed by atoms with E-state index in [1.54, 1.807) is 0 Å². The van der Waals surface area contributed by atoms with E-state index >= 15 is 0 Å². The lowest BCUT2D eigenvalue weighted by Gasteiger charge is -2.08. The number of hydrogen-bond donors (Lipinski definition) is 1. The van der Waals surface area contributed by atoms with Crippen molar-refractivity contribution in [3.8, 4) is 0 Å². The number of amides is 1. The van der Waals surface area contributed by atoms with Gasteiger partial charge in [-0.2, -0.15) is 0 Å². The number of nitrogens with one attached hydrogen (secondary N) is 1. The molecule has 5 nitrogen and oxygen atoms in total. The number of carbonyl (C=O) groups is 1. The van der Waals surface area contributed by atoms with Crippen molar-refractivity contribution in [3.05, 3.63) is 5.82 Å². The number of aryl methyl sites for hydroxylation is 1. The highest BCUT2D eigenvalue weighted by atomic mass is 32.2. The van der Waals surface area contributed by atoms with Gasteiger partial charge >= 0.3 is 0 Å². The Balaban J connectivity index is 1.79. The van der Waals surface area contributed by atoms with Gasteiger partial charge in [-0.25, -0.2) is 0 Å². The summed E-state index contributed by atoms with van der Waals surface area (Å²) in [5, 5.41) is 12.3. The maximum absolute atomic E-state index is 11.8. The number of thioether (sulfide) groups is 1. The molecular weight excluding hydrogens is 272 g/mol. The first-order valence-electron chi connectivity index (χ1n) is 7.48. The summed E-state index contributed by atoms with van der Waals surface area (Å²) >= 11 is 1.50. The third kappa shape index (κ3) is 4.51. The molecule has 2 rings (SSSR count). The summed E-state index contributed by atoms with van der Waals surface area (Å²) in [5.74, 6) is 2.21. The molecule has 6 heteroatoms. The molecular formula is C14H24N4OS. The van der Waals surface area contributed by atoms with E-state index in [2.05, 4.69) is 33.9 Å². The van der Waals surface area contributed by atoms with Gasteiger partial charge in [0.05, 0.1) is 5.75 Å². The second-order valence-electron chi connectivity index (χ2n) is 5.68. The molecule has 0 saturated heterocycles. The van der Waals surface area contributed by atoms with E-state index in [4.69, 9.17) is 0 Å². The van der Waals surface area contributed by atoms with Crippen molar-refractivity contribution >= 4 is 17.7 Å². The second-order valence-corrected chi connectivity index (χ2v) is 6.62. The van der Waals surface area contributed by atoms with Gasteiger partial charge in [-0.1, -0.05) is 32.0 Å². The van der Waals surface area contributed by atoms with E-state index in [9.17, 15) is 4.79 Å². The standard InChI is InChI=1S/C14H24N4OS/c1-11(2)7-8-15-13(19)10-20-14-17-16-12-6-4-3-5-9-18(12)14/h11H,3-10H2,1-2H3,(H,15,19). The van der Waals surface area contributed by atoms with Gasteiger partial charge in [0, 0.05) is 19.5 Å². The Labute approximate surface area is 124 Å². The smallest absolute Gasteiger partial charge is 0.230 e. The van der Waals surface area contributed by atoms with E-state index in [0.29, 0.717) is 11.7 Å². The van der Waals surface area contributed by atoms with Crippen molar-refractivity contribution in [3.63, 3.8) is 0 Å². The van der Waals surface area contributed by atoms with Gasteiger partial charge < -0.3 is 9.88 Å². The summed E-state index contributed by atoms with van der Waals surface area (Å²) in [5.41, 5.74) is 0. The number of carbonyl (C=O) groups excluding carboxylic acids is 1. The monoisotopic (exact) mass is 296 g/mol. The minimum Gasteiger partial charge on any atom is -0.355 e. The van der Waals surface area contributed by atoms with Crippen LogP contribution in [0.4, 0.5) is 0 Å².